The molecule has 0 amide bonds. The normalized spacial score (nSPS) is 17.9. The van der Waals surface area contributed by atoms with Crippen molar-refractivity contribution in [1.82, 2.24) is 24.6 Å². The smallest absolute Gasteiger partial charge is 0.143 e. The Morgan fingerprint density at radius 2 is 2.03 bits per heavy atom. The molecule has 6 heteroatoms. The predicted molar refractivity (Wildman–Crippen MR) is 114 cm³/mol. The number of Topliss-reactive ketones (excluding diaryl/α,β-unsaturated/α-hetero) is 1. The van der Waals surface area contributed by atoms with Gasteiger partial charge in [-0.25, -0.2) is 0 Å². The van der Waals surface area contributed by atoms with Gasteiger partial charge < -0.3 is 4.90 Å². The lowest BCUT2D eigenvalue weighted by molar-refractivity contribution is -0.124. The van der Waals surface area contributed by atoms with Crippen LogP contribution in [0.3, 0.4) is 0 Å². The van der Waals surface area contributed by atoms with E-state index in [-0.39, 0.29) is 5.92 Å². The first kappa shape index (κ1) is 19.7. The third-order valence-electron chi connectivity index (χ3n) is 5.60. The van der Waals surface area contributed by atoms with Crippen LogP contribution in [0, 0.1) is 11.8 Å². The minimum atomic E-state index is 0.125. The van der Waals surface area contributed by atoms with E-state index in [9.17, 15) is 4.79 Å². The van der Waals surface area contributed by atoms with Gasteiger partial charge in [0.2, 0.25) is 0 Å². The van der Waals surface area contributed by atoms with E-state index >= 15 is 0 Å². The molecular formula is C23H29N5O. The van der Waals surface area contributed by atoms with Crippen LogP contribution in [-0.4, -0.2) is 50.1 Å². The van der Waals surface area contributed by atoms with Crippen LogP contribution in [0.15, 0.2) is 36.9 Å². The van der Waals surface area contributed by atoms with Gasteiger partial charge in [-0.05, 0) is 37.4 Å². The van der Waals surface area contributed by atoms with E-state index in [0.29, 0.717) is 18.1 Å². The van der Waals surface area contributed by atoms with Gasteiger partial charge in [-0.1, -0.05) is 13.8 Å². The number of pyridine rings is 2. The molecular weight excluding hydrogens is 362 g/mol. The maximum absolute atomic E-state index is 12.9. The highest BCUT2D eigenvalue weighted by Gasteiger charge is 2.26. The zero-order chi connectivity index (χ0) is 20.4. The Bertz CT molecular complexity index is 1010. The number of piperidine rings is 1. The highest BCUT2D eigenvalue weighted by molar-refractivity contribution is 5.86. The molecule has 0 N–H and O–H groups in total. The molecule has 1 aliphatic rings. The van der Waals surface area contributed by atoms with Crippen LogP contribution in [0.5, 0.6) is 0 Å². The minimum absolute atomic E-state index is 0.125. The molecule has 152 valence electrons. The molecule has 0 bridgehead atoms. The van der Waals surface area contributed by atoms with Crippen molar-refractivity contribution in [3.8, 4) is 11.1 Å². The van der Waals surface area contributed by atoms with Crippen molar-refractivity contribution < 1.29 is 4.79 Å². The molecule has 4 rings (SSSR count). The van der Waals surface area contributed by atoms with Crippen molar-refractivity contribution in [2.45, 2.75) is 33.1 Å². The molecule has 1 fully saturated rings. The fraction of sp³-hybridized carbons (Fsp3) is 0.478. The van der Waals surface area contributed by atoms with E-state index < -0.39 is 0 Å². The van der Waals surface area contributed by atoms with E-state index in [2.05, 4.69) is 39.9 Å². The Balaban J connectivity index is 1.49. The van der Waals surface area contributed by atoms with Gasteiger partial charge in [-0.15, -0.1) is 0 Å². The lowest BCUT2D eigenvalue weighted by atomic mass is 9.91. The maximum atomic E-state index is 12.9. The topological polar surface area (TPSA) is 63.9 Å². The van der Waals surface area contributed by atoms with Gasteiger partial charge in [0.25, 0.3) is 0 Å². The predicted octanol–water partition coefficient (Wildman–Crippen LogP) is 3.51. The number of aromatic nitrogens is 4. The van der Waals surface area contributed by atoms with E-state index in [1.807, 2.05) is 31.7 Å². The van der Waals surface area contributed by atoms with E-state index in [1.165, 1.54) is 0 Å². The molecule has 6 nitrogen and oxygen atoms in total. The second kappa shape index (κ2) is 8.41. The highest BCUT2D eigenvalue weighted by atomic mass is 16.1. The number of carbonyl (C=O) groups is 1. The van der Waals surface area contributed by atoms with Crippen LogP contribution < -0.4 is 0 Å². The van der Waals surface area contributed by atoms with Crippen LogP contribution in [0.2, 0.25) is 0 Å². The van der Waals surface area contributed by atoms with E-state index in [1.54, 1.807) is 10.9 Å². The number of hydrogen-bond acceptors (Lipinski definition) is 5. The quantitative estimate of drug-likeness (QED) is 0.643. The minimum Gasteiger partial charge on any atom is -0.302 e. The van der Waals surface area contributed by atoms with Crippen LogP contribution in [0.25, 0.3) is 22.0 Å². The zero-order valence-corrected chi connectivity index (χ0v) is 17.5. The van der Waals surface area contributed by atoms with Crippen LogP contribution >= 0.6 is 0 Å². The number of aryl methyl sites for hydroxylation is 1. The number of nitrogens with zero attached hydrogens (tertiary/aromatic N) is 5. The number of rotatable bonds is 6. The van der Waals surface area contributed by atoms with Crippen LogP contribution in [0.1, 0.15) is 32.4 Å². The fourth-order valence-electron chi connectivity index (χ4n) is 4.22. The first-order valence-electron chi connectivity index (χ1n) is 10.5. The summed E-state index contributed by atoms with van der Waals surface area (Å²) >= 11 is 0. The Labute approximate surface area is 172 Å². The monoisotopic (exact) mass is 391 g/mol. The summed E-state index contributed by atoms with van der Waals surface area (Å²) in [5.41, 5.74) is 3.72. The average molecular weight is 392 g/mol. The van der Waals surface area contributed by atoms with Gasteiger partial charge in [-0.2, -0.15) is 5.10 Å². The maximum Gasteiger partial charge on any atom is 0.143 e. The Morgan fingerprint density at radius 3 is 2.79 bits per heavy atom. The molecule has 0 aliphatic carbocycles. The van der Waals surface area contributed by atoms with Crippen molar-refractivity contribution in [3.63, 3.8) is 0 Å². The third kappa shape index (κ3) is 4.70. The lowest BCUT2D eigenvalue weighted by Gasteiger charge is -2.33. The molecule has 29 heavy (non-hydrogen) atoms. The molecule has 0 aromatic carbocycles. The standard InChI is InChI=1S/C23H29N5O/c1-16(2)13-28-6-4-5-17(15-28)23(29)9-21-8-18-7-19(10-25-22(18)12-24-21)20-11-26-27(3)14-20/h7-8,10-12,14,16-17H,4-6,9,13,15H2,1-3H3/t17-/m1/s1. The molecule has 1 aliphatic heterocycles. The molecule has 4 heterocycles. The van der Waals surface area contributed by atoms with Gasteiger partial charge in [0.1, 0.15) is 5.78 Å². The number of carbonyl (C=O) groups excluding carboxylic acids is 1. The van der Waals surface area contributed by atoms with Gasteiger partial charge >= 0.3 is 0 Å². The first-order valence-corrected chi connectivity index (χ1v) is 10.5. The van der Waals surface area contributed by atoms with Crippen molar-refractivity contribution >= 4 is 16.7 Å². The fourth-order valence-corrected chi connectivity index (χ4v) is 4.22. The van der Waals surface area contributed by atoms with E-state index in [0.717, 1.165) is 60.2 Å². The molecule has 0 radical (unpaired) electrons. The zero-order valence-electron chi connectivity index (χ0n) is 17.5. The second-order valence-electron chi connectivity index (χ2n) is 8.63. The van der Waals surface area contributed by atoms with Gasteiger partial charge in [0.05, 0.1) is 17.9 Å². The van der Waals surface area contributed by atoms with Gasteiger partial charge in [-0.3, -0.25) is 19.4 Å². The summed E-state index contributed by atoms with van der Waals surface area (Å²) in [7, 11) is 1.90. The molecule has 1 atom stereocenters. The third-order valence-corrected chi connectivity index (χ3v) is 5.60. The number of ketones is 1. The molecule has 0 unspecified atom stereocenters. The van der Waals surface area contributed by atoms with Crippen LogP contribution in [-0.2, 0) is 18.3 Å². The first-order chi connectivity index (χ1) is 14.0. The van der Waals surface area contributed by atoms with Crippen molar-refractivity contribution in [1.29, 1.82) is 0 Å². The number of hydrogen-bond donors (Lipinski definition) is 0. The summed E-state index contributed by atoms with van der Waals surface area (Å²) < 4.78 is 1.78. The number of likely N-dealkylation sites (tertiary alicyclic amines) is 1. The van der Waals surface area contributed by atoms with Crippen molar-refractivity contribution in [3.05, 3.63) is 42.6 Å². The average Bonchev–Trinajstić information content (AvgIpc) is 3.13. The Hall–Kier alpha value is -2.60. The van der Waals surface area contributed by atoms with Crippen molar-refractivity contribution in [2.75, 3.05) is 19.6 Å². The van der Waals surface area contributed by atoms with Crippen molar-refractivity contribution in [2.24, 2.45) is 18.9 Å². The molecule has 3 aromatic heterocycles. The van der Waals surface area contributed by atoms with Gasteiger partial charge in [0, 0.05) is 67.1 Å². The summed E-state index contributed by atoms with van der Waals surface area (Å²) in [6, 6.07) is 4.11. The van der Waals surface area contributed by atoms with Crippen LogP contribution in [0.4, 0.5) is 0 Å². The molecule has 3 aromatic rings. The van der Waals surface area contributed by atoms with Gasteiger partial charge in [0.15, 0.2) is 0 Å². The highest BCUT2D eigenvalue weighted by Crippen LogP contribution is 2.24. The summed E-state index contributed by atoms with van der Waals surface area (Å²) in [6.07, 6.45) is 9.92. The summed E-state index contributed by atoms with van der Waals surface area (Å²) in [4.78, 5) is 24.4. The summed E-state index contributed by atoms with van der Waals surface area (Å²) in [5.74, 6) is 1.06. The Morgan fingerprint density at radius 1 is 1.17 bits per heavy atom. The summed E-state index contributed by atoms with van der Waals surface area (Å²) in [6.45, 7) is 7.54. The Kier molecular flexibility index (Phi) is 5.72. The molecule has 0 spiro atoms. The molecule has 0 saturated carbocycles. The summed E-state index contributed by atoms with van der Waals surface area (Å²) in [5, 5.41) is 5.24. The largest absolute Gasteiger partial charge is 0.302 e. The SMILES string of the molecule is CC(C)CN1CCC[C@@H](C(=O)Cc2cc3cc(-c4cnn(C)c4)cnc3cn2)C1. The lowest BCUT2D eigenvalue weighted by Crippen LogP contribution is -2.40. The number of fused-ring (bicyclic) bond motifs is 1. The van der Waals surface area contributed by atoms with E-state index in [4.69, 9.17) is 0 Å². The second-order valence-corrected chi connectivity index (χ2v) is 8.63. The molecule has 1 saturated heterocycles.